The van der Waals surface area contributed by atoms with E-state index in [4.69, 9.17) is 23.2 Å². The highest BCUT2D eigenvalue weighted by atomic mass is 35.5. The molecule has 0 heterocycles. The third-order valence-corrected chi connectivity index (χ3v) is 4.23. The molecule has 0 aliphatic heterocycles. The number of hydrogen-bond donors (Lipinski definition) is 1. The van der Waals surface area contributed by atoms with Crippen LogP contribution in [-0.4, -0.2) is 10.9 Å². The quantitative estimate of drug-likeness (QED) is 0.486. The van der Waals surface area contributed by atoms with Crippen LogP contribution in [0.15, 0.2) is 60.7 Å². The van der Waals surface area contributed by atoms with Crippen molar-refractivity contribution in [2.45, 2.75) is 0 Å². The molecule has 3 aromatic carbocycles. The van der Waals surface area contributed by atoms with E-state index in [1.165, 1.54) is 6.08 Å². The number of benzene rings is 3. The van der Waals surface area contributed by atoms with Gasteiger partial charge in [-0.25, -0.2) is 0 Å². The summed E-state index contributed by atoms with van der Waals surface area (Å²) in [5.41, 5.74) is 0.813. The molecule has 0 saturated carbocycles. The SMILES string of the molecule is O=C(/C=C/c1c(Cl)cccc1Cl)c1ccc2ccccc2c1O. The molecule has 4 heteroatoms. The first-order chi connectivity index (χ1) is 11.1. The van der Waals surface area contributed by atoms with Gasteiger partial charge in [0.15, 0.2) is 5.78 Å². The van der Waals surface area contributed by atoms with Crippen LogP contribution in [0, 0.1) is 0 Å². The van der Waals surface area contributed by atoms with Crippen LogP contribution in [0.2, 0.25) is 10.0 Å². The van der Waals surface area contributed by atoms with Crippen LogP contribution < -0.4 is 0 Å². The molecule has 0 aliphatic carbocycles. The van der Waals surface area contributed by atoms with E-state index in [2.05, 4.69) is 0 Å². The first-order valence-corrected chi connectivity index (χ1v) is 7.70. The second-order valence-electron chi connectivity index (χ2n) is 5.02. The van der Waals surface area contributed by atoms with Gasteiger partial charge in [0.05, 0.1) is 5.56 Å². The molecule has 23 heavy (non-hydrogen) atoms. The van der Waals surface area contributed by atoms with Crippen molar-refractivity contribution in [3.63, 3.8) is 0 Å². The third-order valence-electron chi connectivity index (χ3n) is 3.57. The summed E-state index contributed by atoms with van der Waals surface area (Å²) in [5.74, 6) is -0.341. The summed E-state index contributed by atoms with van der Waals surface area (Å²) in [6.07, 6.45) is 2.92. The van der Waals surface area contributed by atoms with Crippen LogP contribution in [0.1, 0.15) is 15.9 Å². The van der Waals surface area contributed by atoms with Gasteiger partial charge >= 0.3 is 0 Å². The van der Waals surface area contributed by atoms with Crippen LogP contribution in [-0.2, 0) is 0 Å². The molecule has 3 aromatic rings. The lowest BCUT2D eigenvalue weighted by atomic mass is 10.0. The van der Waals surface area contributed by atoms with Gasteiger partial charge in [-0.3, -0.25) is 4.79 Å². The van der Waals surface area contributed by atoms with Crippen LogP contribution in [0.25, 0.3) is 16.8 Å². The van der Waals surface area contributed by atoms with Gasteiger partial charge in [0.2, 0.25) is 0 Å². The number of fused-ring (bicyclic) bond motifs is 1. The highest BCUT2D eigenvalue weighted by Gasteiger charge is 2.12. The number of phenolic OH excluding ortho intramolecular Hbond substituents is 1. The maximum Gasteiger partial charge on any atom is 0.189 e. The number of allylic oxidation sites excluding steroid dienone is 1. The number of phenols is 1. The van der Waals surface area contributed by atoms with Crippen molar-refractivity contribution >= 4 is 45.8 Å². The number of carbonyl (C=O) groups excluding carboxylic acids is 1. The van der Waals surface area contributed by atoms with E-state index in [9.17, 15) is 9.90 Å². The summed E-state index contributed by atoms with van der Waals surface area (Å²) in [5, 5.41) is 12.8. The molecule has 2 nitrogen and oxygen atoms in total. The van der Waals surface area contributed by atoms with Gasteiger partial charge in [0.25, 0.3) is 0 Å². The number of rotatable bonds is 3. The largest absolute Gasteiger partial charge is 0.507 e. The molecule has 0 aromatic heterocycles. The highest BCUT2D eigenvalue weighted by molar-refractivity contribution is 6.37. The maximum atomic E-state index is 12.4. The molecule has 0 fully saturated rings. The van der Waals surface area contributed by atoms with Crippen molar-refractivity contribution < 1.29 is 9.90 Å². The summed E-state index contributed by atoms with van der Waals surface area (Å²) in [6.45, 7) is 0. The zero-order chi connectivity index (χ0) is 16.4. The normalized spacial score (nSPS) is 11.2. The Labute approximate surface area is 143 Å². The molecular formula is C19H12Cl2O2. The summed E-state index contributed by atoms with van der Waals surface area (Å²) in [6, 6.07) is 15.9. The molecule has 0 radical (unpaired) electrons. The molecule has 3 rings (SSSR count). The first-order valence-electron chi connectivity index (χ1n) is 6.95. The van der Waals surface area contributed by atoms with Crippen molar-refractivity contribution in [2.75, 3.05) is 0 Å². The second-order valence-corrected chi connectivity index (χ2v) is 5.83. The van der Waals surface area contributed by atoms with E-state index in [-0.39, 0.29) is 17.1 Å². The molecule has 114 valence electrons. The van der Waals surface area contributed by atoms with E-state index in [1.54, 1.807) is 42.5 Å². The molecule has 0 bridgehead atoms. The van der Waals surface area contributed by atoms with Crippen LogP contribution in [0.4, 0.5) is 0 Å². The first kappa shape index (κ1) is 15.6. The van der Waals surface area contributed by atoms with Crippen LogP contribution in [0.3, 0.4) is 0 Å². The molecule has 0 atom stereocenters. The molecule has 0 unspecified atom stereocenters. The predicted octanol–water partition coefficient (Wildman–Crippen LogP) is 5.75. The summed E-state index contributed by atoms with van der Waals surface area (Å²) in [4.78, 5) is 12.4. The standard InChI is InChI=1S/C19H12Cl2O2/c20-16-6-3-7-17(21)14(16)10-11-18(22)15-9-8-12-4-1-2-5-13(12)19(15)23/h1-11,23H/b11-10+. The Hall–Kier alpha value is -2.29. The fraction of sp³-hybridized carbons (Fsp3) is 0. The predicted molar refractivity (Wildman–Crippen MR) is 95.4 cm³/mol. The zero-order valence-electron chi connectivity index (χ0n) is 12.0. The number of halogens is 2. The Morgan fingerprint density at radius 2 is 1.61 bits per heavy atom. The van der Waals surface area contributed by atoms with Gasteiger partial charge in [-0.15, -0.1) is 0 Å². The summed E-state index contributed by atoms with van der Waals surface area (Å²) < 4.78 is 0. The summed E-state index contributed by atoms with van der Waals surface area (Å²) >= 11 is 12.1. The van der Waals surface area contributed by atoms with Crippen LogP contribution >= 0.6 is 23.2 Å². The van der Waals surface area contributed by atoms with Crippen molar-refractivity contribution in [2.24, 2.45) is 0 Å². The fourth-order valence-electron chi connectivity index (χ4n) is 2.37. The lowest BCUT2D eigenvalue weighted by Crippen LogP contribution is -1.95. The smallest absolute Gasteiger partial charge is 0.189 e. The van der Waals surface area contributed by atoms with Crippen molar-refractivity contribution in [1.29, 1.82) is 0 Å². The molecule has 0 amide bonds. The molecule has 1 N–H and O–H groups in total. The Kier molecular flexibility index (Phi) is 4.37. The Morgan fingerprint density at radius 3 is 2.35 bits per heavy atom. The minimum absolute atomic E-state index is 0.0250. The molecule has 0 aliphatic rings. The Morgan fingerprint density at radius 1 is 0.913 bits per heavy atom. The number of ketones is 1. The average Bonchev–Trinajstić information content (AvgIpc) is 2.55. The van der Waals surface area contributed by atoms with E-state index in [0.717, 1.165) is 5.39 Å². The van der Waals surface area contributed by atoms with E-state index in [0.29, 0.717) is 21.0 Å². The van der Waals surface area contributed by atoms with Gasteiger partial charge in [-0.1, -0.05) is 59.6 Å². The van der Waals surface area contributed by atoms with Crippen molar-refractivity contribution in [1.82, 2.24) is 0 Å². The molecule has 0 spiro atoms. The molecular weight excluding hydrogens is 331 g/mol. The summed E-state index contributed by atoms with van der Waals surface area (Å²) in [7, 11) is 0. The monoisotopic (exact) mass is 342 g/mol. The highest BCUT2D eigenvalue weighted by Crippen LogP contribution is 2.30. The molecule has 0 saturated heterocycles. The minimum Gasteiger partial charge on any atom is -0.507 e. The van der Waals surface area contributed by atoms with Gasteiger partial charge in [0, 0.05) is 21.0 Å². The number of aromatic hydroxyl groups is 1. The minimum atomic E-state index is -0.316. The van der Waals surface area contributed by atoms with E-state index < -0.39 is 0 Å². The number of carbonyl (C=O) groups is 1. The van der Waals surface area contributed by atoms with E-state index in [1.807, 2.05) is 18.2 Å². The fourth-order valence-corrected chi connectivity index (χ4v) is 2.90. The van der Waals surface area contributed by atoms with Crippen LogP contribution in [0.5, 0.6) is 5.75 Å². The van der Waals surface area contributed by atoms with Gasteiger partial charge in [-0.05, 0) is 35.7 Å². The maximum absolute atomic E-state index is 12.4. The van der Waals surface area contributed by atoms with Crippen molar-refractivity contribution in [3.8, 4) is 5.75 Å². The van der Waals surface area contributed by atoms with E-state index >= 15 is 0 Å². The zero-order valence-corrected chi connectivity index (χ0v) is 13.5. The van der Waals surface area contributed by atoms with Gasteiger partial charge in [0.1, 0.15) is 5.75 Å². The van der Waals surface area contributed by atoms with Gasteiger partial charge in [-0.2, -0.15) is 0 Å². The average molecular weight is 343 g/mol. The topological polar surface area (TPSA) is 37.3 Å². The lowest BCUT2D eigenvalue weighted by Gasteiger charge is -2.05. The third kappa shape index (κ3) is 3.09. The Balaban J connectivity index is 1.98. The van der Waals surface area contributed by atoms with Gasteiger partial charge < -0.3 is 5.11 Å². The van der Waals surface area contributed by atoms with Crippen molar-refractivity contribution in [3.05, 3.63) is 81.8 Å². The second kappa shape index (κ2) is 6.45. The Bertz CT molecular complexity index is 910. The number of hydrogen-bond acceptors (Lipinski definition) is 2. The lowest BCUT2D eigenvalue weighted by molar-refractivity contribution is 0.104.